The minimum Gasteiger partial charge on any atom is -0.495 e. The molecule has 2 N–H and O–H groups in total. The average molecular weight is 433 g/mol. The van der Waals surface area contributed by atoms with Crippen molar-refractivity contribution in [2.75, 3.05) is 14.2 Å². The zero-order valence-electron chi connectivity index (χ0n) is 17.1. The smallest absolute Gasteiger partial charge is 0.328 e. The van der Waals surface area contributed by atoms with E-state index in [1.54, 1.807) is 18.2 Å². The second kappa shape index (κ2) is 11.2. The maximum Gasteiger partial charge on any atom is 0.328 e. The number of benzene rings is 2. The third-order valence-corrected chi connectivity index (χ3v) is 4.73. The van der Waals surface area contributed by atoms with Crippen molar-refractivity contribution < 1.29 is 23.9 Å². The summed E-state index contributed by atoms with van der Waals surface area (Å²) < 4.78 is 9.97. The molecule has 0 aliphatic heterocycles. The predicted molar refractivity (Wildman–Crippen MR) is 113 cm³/mol. The number of esters is 1. The average Bonchev–Trinajstić information content (AvgIpc) is 2.72. The molecule has 0 saturated carbocycles. The molecule has 0 unspecified atom stereocenters. The summed E-state index contributed by atoms with van der Waals surface area (Å²) in [6.07, 6.45) is 0.453. The molecule has 0 aliphatic carbocycles. The van der Waals surface area contributed by atoms with E-state index in [4.69, 9.17) is 21.1 Å². The van der Waals surface area contributed by atoms with Gasteiger partial charge in [-0.25, -0.2) is 4.79 Å². The fraction of sp³-hybridized carbons (Fsp3) is 0.318. The molecule has 0 aromatic heterocycles. The van der Waals surface area contributed by atoms with Crippen molar-refractivity contribution in [3.05, 3.63) is 64.7 Å². The van der Waals surface area contributed by atoms with Gasteiger partial charge in [-0.3, -0.25) is 9.59 Å². The molecule has 0 spiro atoms. The summed E-state index contributed by atoms with van der Waals surface area (Å²) in [6.45, 7) is 1.34. The van der Waals surface area contributed by atoms with E-state index in [0.717, 1.165) is 11.1 Å². The van der Waals surface area contributed by atoms with Gasteiger partial charge in [-0.1, -0.05) is 48.0 Å². The van der Waals surface area contributed by atoms with Gasteiger partial charge in [0.05, 0.1) is 19.2 Å². The highest BCUT2D eigenvalue weighted by Gasteiger charge is 2.27. The first kappa shape index (κ1) is 23.2. The molecule has 160 valence electrons. The molecule has 0 aliphatic rings. The molecule has 8 heteroatoms. The van der Waals surface area contributed by atoms with Crippen LogP contribution in [0.4, 0.5) is 0 Å². The predicted octanol–water partition coefficient (Wildman–Crippen LogP) is 2.30. The van der Waals surface area contributed by atoms with E-state index < -0.39 is 24.0 Å². The molecular weight excluding hydrogens is 408 g/mol. The molecule has 2 aromatic carbocycles. The Morgan fingerprint density at radius 3 is 2.17 bits per heavy atom. The SMILES string of the molecule is COC(=O)[C@H](Cc1ccc(OC)c(Cl)c1)NC(=O)[C@H](Cc1ccccc1)NC(C)=O. The van der Waals surface area contributed by atoms with Crippen LogP contribution in [0.1, 0.15) is 18.1 Å². The highest BCUT2D eigenvalue weighted by Crippen LogP contribution is 2.25. The third kappa shape index (κ3) is 6.77. The molecule has 30 heavy (non-hydrogen) atoms. The van der Waals surface area contributed by atoms with Crippen molar-refractivity contribution in [2.45, 2.75) is 31.8 Å². The summed E-state index contributed by atoms with van der Waals surface area (Å²) in [5.41, 5.74) is 1.60. The number of nitrogens with one attached hydrogen (secondary N) is 2. The van der Waals surface area contributed by atoms with Crippen LogP contribution in [0.15, 0.2) is 48.5 Å². The van der Waals surface area contributed by atoms with Crippen LogP contribution in [0, 0.1) is 0 Å². The number of carbonyl (C=O) groups excluding carboxylic acids is 3. The summed E-state index contributed by atoms with van der Waals surface area (Å²) in [4.78, 5) is 36.8. The van der Waals surface area contributed by atoms with Gasteiger partial charge in [0.1, 0.15) is 17.8 Å². The minimum atomic E-state index is -0.945. The van der Waals surface area contributed by atoms with Gasteiger partial charge in [-0.05, 0) is 23.3 Å². The lowest BCUT2D eigenvalue weighted by atomic mass is 10.0. The van der Waals surface area contributed by atoms with Crippen LogP contribution in [0.3, 0.4) is 0 Å². The van der Waals surface area contributed by atoms with Crippen molar-refractivity contribution in [3.8, 4) is 5.75 Å². The summed E-state index contributed by atoms with van der Waals surface area (Å²) in [6, 6.07) is 12.6. The van der Waals surface area contributed by atoms with Crippen LogP contribution in [0.25, 0.3) is 0 Å². The molecule has 0 fully saturated rings. The van der Waals surface area contributed by atoms with Crippen molar-refractivity contribution >= 4 is 29.4 Å². The van der Waals surface area contributed by atoms with Crippen molar-refractivity contribution in [1.29, 1.82) is 0 Å². The number of hydrogen-bond acceptors (Lipinski definition) is 5. The molecular formula is C22H25ClN2O5. The fourth-order valence-electron chi connectivity index (χ4n) is 2.98. The third-order valence-electron chi connectivity index (χ3n) is 4.43. The van der Waals surface area contributed by atoms with Crippen molar-refractivity contribution in [1.82, 2.24) is 10.6 Å². The van der Waals surface area contributed by atoms with Gasteiger partial charge in [0.25, 0.3) is 0 Å². The van der Waals surface area contributed by atoms with Gasteiger partial charge >= 0.3 is 5.97 Å². The van der Waals surface area contributed by atoms with E-state index in [0.29, 0.717) is 10.8 Å². The van der Waals surface area contributed by atoms with Gasteiger partial charge in [-0.15, -0.1) is 0 Å². The summed E-state index contributed by atoms with van der Waals surface area (Å²) in [7, 11) is 2.75. The molecule has 0 radical (unpaired) electrons. The topological polar surface area (TPSA) is 93.7 Å². The van der Waals surface area contributed by atoms with Crippen LogP contribution in [0.5, 0.6) is 5.75 Å². The van der Waals surface area contributed by atoms with E-state index in [1.165, 1.54) is 21.1 Å². The standard InChI is InChI=1S/C22H25ClN2O5/c1-14(26)24-18(12-15-7-5-4-6-8-15)21(27)25-19(22(28)30-3)13-16-9-10-20(29-2)17(23)11-16/h4-11,18-19H,12-13H2,1-3H3,(H,24,26)(H,25,27)/t18-,19-/m0/s1. The Hall–Kier alpha value is -3.06. The summed E-state index contributed by atoms with van der Waals surface area (Å²) >= 11 is 6.15. The Labute approximate surface area is 180 Å². The van der Waals surface area contributed by atoms with Gasteiger partial charge in [0, 0.05) is 19.8 Å². The quantitative estimate of drug-likeness (QED) is 0.593. The molecule has 2 rings (SSSR count). The fourth-order valence-corrected chi connectivity index (χ4v) is 3.27. The van der Waals surface area contributed by atoms with E-state index in [2.05, 4.69) is 10.6 Å². The Balaban J connectivity index is 2.17. The second-order valence-electron chi connectivity index (χ2n) is 6.70. The zero-order valence-corrected chi connectivity index (χ0v) is 17.9. The molecule has 7 nitrogen and oxygen atoms in total. The highest BCUT2D eigenvalue weighted by molar-refractivity contribution is 6.32. The number of hydrogen-bond donors (Lipinski definition) is 2. The van der Waals surface area contributed by atoms with E-state index in [-0.39, 0.29) is 18.7 Å². The Morgan fingerprint density at radius 1 is 0.933 bits per heavy atom. The number of methoxy groups -OCH3 is 2. The van der Waals surface area contributed by atoms with Crippen LogP contribution < -0.4 is 15.4 Å². The van der Waals surface area contributed by atoms with E-state index >= 15 is 0 Å². The van der Waals surface area contributed by atoms with E-state index in [9.17, 15) is 14.4 Å². The second-order valence-corrected chi connectivity index (χ2v) is 7.11. The lowest BCUT2D eigenvalue weighted by Gasteiger charge is -2.22. The first-order valence-corrected chi connectivity index (χ1v) is 9.73. The van der Waals surface area contributed by atoms with Crippen molar-refractivity contribution in [2.24, 2.45) is 0 Å². The number of ether oxygens (including phenoxy) is 2. The maximum atomic E-state index is 12.9. The summed E-state index contributed by atoms with van der Waals surface area (Å²) in [5, 5.41) is 5.72. The number of carbonyl (C=O) groups is 3. The van der Waals surface area contributed by atoms with Crippen LogP contribution in [-0.4, -0.2) is 44.1 Å². The molecule has 2 atom stereocenters. The number of amides is 2. The molecule has 0 saturated heterocycles. The monoisotopic (exact) mass is 432 g/mol. The van der Waals surface area contributed by atoms with Crippen LogP contribution >= 0.6 is 11.6 Å². The van der Waals surface area contributed by atoms with Crippen LogP contribution in [0.2, 0.25) is 5.02 Å². The van der Waals surface area contributed by atoms with Gasteiger partial charge in [-0.2, -0.15) is 0 Å². The van der Waals surface area contributed by atoms with Crippen LogP contribution in [-0.2, 0) is 32.0 Å². The normalized spacial score (nSPS) is 12.4. The first-order valence-electron chi connectivity index (χ1n) is 9.35. The van der Waals surface area contributed by atoms with Gasteiger partial charge in [0.2, 0.25) is 11.8 Å². The Bertz CT molecular complexity index is 888. The highest BCUT2D eigenvalue weighted by atomic mass is 35.5. The molecule has 2 aromatic rings. The molecule has 2 amide bonds. The largest absolute Gasteiger partial charge is 0.495 e. The molecule has 0 bridgehead atoms. The minimum absolute atomic E-state index is 0.167. The van der Waals surface area contributed by atoms with Crippen molar-refractivity contribution in [3.63, 3.8) is 0 Å². The maximum absolute atomic E-state index is 12.9. The number of rotatable bonds is 9. The zero-order chi connectivity index (χ0) is 22.1. The Kier molecular flexibility index (Phi) is 8.68. The van der Waals surface area contributed by atoms with Gasteiger partial charge < -0.3 is 20.1 Å². The lowest BCUT2D eigenvalue weighted by molar-refractivity contribution is -0.145. The van der Waals surface area contributed by atoms with Gasteiger partial charge in [0.15, 0.2) is 0 Å². The number of halogens is 1. The Morgan fingerprint density at radius 2 is 1.60 bits per heavy atom. The molecule has 0 heterocycles. The lowest BCUT2D eigenvalue weighted by Crippen LogP contribution is -2.53. The first-order chi connectivity index (χ1) is 14.3. The summed E-state index contributed by atoms with van der Waals surface area (Å²) in [5.74, 6) is -0.920. The van der Waals surface area contributed by atoms with E-state index in [1.807, 2.05) is 30.3 Å².